The van der Waals surface area contributed by atoms with Crippen LogP contribution in [-0.4, -0.2) is 18.6 Å². The summed E-state index contributed by atoms with van der Waals surface area (Å²) < 4.78 is 5.38. The summed E-state index contributed by atoms with van der Waals surface area (Å²) in [5.41, 5.74) is 1.85. The van der Waals surface area contributed by atoms with Gasteiger partial charge in [0.25, 0.3) is 0 Å². The lowest BCUT2D eigenvalue weighted by atomic mass is 10.1. The number of halogens is 1. The number of rotatable bonds is 3. The van der Waals surface area contributed by atoms with Gasteiger partial charge in [0, 0.05) is 11.6 Å². The molecule has 3 nitrogen and oxygen atoms in total. The van der Waals surface area contributed by atoms with Crippen molar-refractivity contribution in [2.24, 2.45) is 5.92 Å². The normalized spacial score (nSPS) is 23.6. The average molecular weight is 254 g/mol. The number of benzene rings is 1. The van der Waals surface area contributed by atoms with Crippen LogP contribution in [0.25, 0.3) is 0 Å². The topological polar surface area (TPSA) is 38.3 Å². The third-order valence-corrected chi connectivity index (χ3v) is 3.25. The molecule has 2 atom stereocenters. The van der Waals surface area contributed by atoms with E-state index in [4.69, 9.17) is 16.3 Å². The Morgan fingerprint density at radius 1 is 1.47 bits per heavy atom. The number of amides is 1. The molecule has 1 aromatic rings. The molecule has 1 fully saturated rings. The zero-order valence-electron chi connectivity index (χ0n) is 9.78. The molecule has 0 spiro atoms. The fourth-order valence-corrected chi connectivity index (χ4v) is 2.10. The summed E-state index contributed by atoms with van der Waals surface area (Å²) in [6, 6.07) is 7.57. The fourth-order valence-electron chi connectivity index (χ4n) is 1.92. The molecule has 4 heteroatoms. The van der Waals surface area contributed by atoms with Crippen molar-refractivity contribution in [1.29, 1.82) is 0 Å². The smallest absolute Gasteiger partial charge is 0.229 e. The van der Waals surface area contributed by atoms with Crippen LogP contribution in [0.1, 0.15) is 18.9 Å². The maximum Gasteiger partial charge on any atom is 0.229 e. The fraction of sp³-hybridized carbons (Fsp3) is 0.462. The maximum absolute atomic E-state index is 11.9. The first kappa shape index (κ1) is 12.4. The predicted molar refractivity (Wildman–Crippen MR) is 68.1 cm³/mol. The standard InChI is InChI=1S/C13H16ClNO2/c1-9-6-11(8-17-9)13(16)15-12-4-2-10(7-14)3-5-12/h2-5,9,11H,6-8H2,1H3,(H,15,16). The van der Waals surface area contributed by atoms with Gasteiger partial charge in [0.1, 0.15) is 0 Å². The lowest BCUT2D eigenvalue weighted by Crippen LogP contribution is -2.22. The monoisotopic (exact) mass is 253 g/mol. The molecule has 0 aromatic heterocycles. The average Bonchev–Trinajstić information content (AvgIpc) is 2.77. The van der Waals surface area contributed by atoms with Crippen LogP contribution in [0.15, 0.2) is 24.3 Å². The second-order valence-corrected chi connectivity index (χ2v) is 4.66. The van der Waals surface area contributed by atoms with E-state index in [0.717, 1.165) is 17.7 Å². The van der Waals surface area contributed by atoms with Crippen LogP contribution >= 0.6 is 11.6 Å². The third kappa shape index (κ3) is 3.20. The van der Waals surface area contributed by atoms with Crippen molar-refractivity contribution in [2.75, 3.05) is 11.9 Å². The van der Waals surface area contributed by atoms with Gasteiger partial charge in [-0.2, -0.15) is 0 Å². The largest absolute Gasteiger partial charge is 0.378 e. The molecule has 0 radical (unpaired) electrons. The molecule has 2 unspecified atom stereocenters. The maximum atomic E-state index is 11.9. The summed E-state index contributed by atoms with van der Waals surface area (Å²) >= 11 is 5.70. The summed E-state index contributed by atoms with van der Waals surface area (Å²) in [6.07, 6.45) is 0.982. The Morgan fingerprint density at radius 3 is 2.71 bits per heavy atom. The summed E-state index contributed by atoms with van der Waals surface area (Å²) in [4.78, 5) is 11.9. The van der Waals surface area contributed by atoms with Gasteiger partial charge in [-0.3, -0.25) is 4.79 Å². The number of carbonyl (C=O) groups excluding carboxylic acids is 1. The van der Waals surface area contributed by atoms with Crippen LogP contribution in [0.5, 0.6) is 0 Å². The van der Waals surface area contributed by atoms with Crippen molar-refractivity contribution in [3.8, 4) is 0 Å². The minimum Gasteiger partial charge on any atom is -0.378 e. The summed E-state index contributed by atoms with van der Waals surface area (Å²) in [5.74, 6) is 0.494. The van der Waals surface area contributed by atoms with Crippen molar-refractivity contribution in [3.05, 3.63) is 29.8 Å². The van der Waals surface area contributed by atoms with Crippen molar-refractivity contribution in [1.82, 2.24) is 0 Å². The predicted octanol–water partition coefficient (Wildman–Crippen LogP) is 2.79. The molecule has 17 heavy (non-hydrogen) atoms. The second-order valence-electron chi connectivity index (χ2n) is 4.40. The Morgan fingerprint density at radius 2 is 2.18 bits per heavy atom. The van der Waals surface area contributed by atoms with Crippen molar-refractivity contribution in [3.63, 3.8) is 0 Å². The van der Waals surface area contributed by atoms with Crippen LogP contribution in [0, 0.1) is 5.92 Å². The first-order chi connectivity index (χ1) is 8.19. The summed E-state index contributed by atoms with van der Waals surface area (Å²) in [6.45, 7) is 2.51. The first-order valence-electron chi connectivity index (χ1n) is 5.76. The Labute approximate surface area is 106 Å². The minimum absolute atomic E-state index is 0.0299. The van der Waals surface area contributed by atoms with E-state index in [9.17, 15) is 4.79 Å². The van der Waals surface area contributed by atoms with E-state index in [1.807, 2.05) is 31.2 Å². The van der Waals surface area contributed by atoms with Crippen LogP contribution in [0.3, 0.4) is 0 Å². The number of nitrogens with one attached hydrogen (secondary N) is 1. The molecule has 1 amide bonds. The summed E-state index contributed by atoms with van der Waals surface area (Å²) in [5, 5.41) is 2.89. The van der Waals surface area contributed by atoms with Crippen LogP contribution < -0.4 is 5.32 Å². The van der Waals surface area contributed by atoms with E-state index in [1.54, 1.807) is 0 Å². The highest BCUT2D eigenvalue weighted by atomic mass is 35.5. The molecule has 0 aliphatic carbocycles. The molecule has 2 rings (SSSR count). The van der Waals surface area contributed by atoms with Gasteiger partial charge in [-0.25, -0.2) is 0 Å². The number of ether oxygens (including phenoxy) is 1. The molecule has 1 N–H and O–H groups in total. The zero-order chi connectivity index (χ0) is 12.3. The highest BCUT2D eigenvalue weighted by Crippen LogP contribution is 2.21. The lowest BCUT2D eigenvalue weighted by molar-refractivity contribution is -0.119. The molecular formula is C13H16ClNO2. The molecule has 1 saturated heterocycles. The SMILES string of the molecule is CC1CC(C(=O)Nc2ccc(CCl)cc2)CO1. The molecule has 1 aliphatic heterocycles. The molecule has 0 bridgehead atoms. The molecule has 1 aliphatic rings. The van der Waals surface area contributed by atoms with Crippen molar-refractivity contribution >= 4 is 23.2 Å². The number of hydrogen-bond acceptors (Lipinski definition) is 2. The van der Waals surface area contributed by atoms with E-state index in [2.05, 4.69) is 5.32 Å². The molecule has 1 heterocycles. The van der Waals surface area contributed by atoms with Gasteiger partial charge in [0.15, 0.2) is 0 Å². The van der Waals surface area contributed by atoms with Crippen molar-refractivity contribution in [2.45, 2.75) is 25.3 Å². The van der Waals surface area contributed by atoms with Gasteiger partial charge >= 0.3 is 0 Å². The Kier molecular flexibility index (Phi) is 4.02. The highest BCUT2D eigenvalue weighted by Gasteiger charge is 2.28. The molecule has 0 saturated carbocycles. The van der Waals surface area contributed by atoms with E-state index >= 15 is 0 Å². The Bertz CT molecular complexity index is 391. The number of alkyl halides is 1. The Hall–Kier alpha value is -1.06. The number of hydrogen-bond donors (Lipinski definition) is 1. The van der Waals surface area contributed by atoms with Crippen LogP contribution in [-0.2, 0) is 15.4 Å². The van der Waals surface area contributed by atoms with Crippen molar-refractivity contribution < 1.29 is 9.53 Å². The van der Waals surface area contributed by atoms with Gasteiger partial charge in [-0.05, 0) is 31.0 Å². The van der Waals surface area contributed by atoms with Crippen LogP contribution in [0.2, 0.25) is 0 Å². The quantitative estimate of drug-likeness (QED) is 0.842. The third-order valence-electron chi connectivity index (χ3n) is 2.94. The second kappa shape index (κ2) is 5.52. The lowest BCUT2D eigenvalue weighted by Gasteiger charge is -2.09. The first-order valence-corrected chi connectivity index (χ1v) is 6.30. The highest BCUT2D eigenvalue weighted by molar-refractivity contribution is 6.17. The van der Waals surface area contributed by atoms with E-state index in [0.29, 0.717) is 12.5 Å². The summed E-state index contributed by atoms with van der Waals surface area (Å²) in [7, 11) is 0. The van der Waals surface area contributed by atoms with Gasteiger partial charge in [0.05, 0.1) is 18.6 Å². The zero-order valence-corrected chi connectivity index (χ0v) is 10.5. The molecule has 92 valence electrons. The number of carbonyl (C=O) groups is 1. The number of anilines is 1. The van der Waals surface area contributed by atoms with E-state index in [1.165, 1.54) is 0 Å². The van der Waals surface area contributed by atoms with Gasteiger partial charge < -0.3 is 10.1 Å². The van der Waals surface area contributed by atoms with Gasteiger partial charge in [-0.1, -0.05) is 12.1 Å². The Balaban J connectivity index is 1.93. The van der Waals surface area contributed by atoms with E-state index < -0.39 is 0 Å². The molecule has 1 aromatic carbocycles. The van der Waals surface area contributed by atoms with Gasteiger partial charge in [-0.15, -0.1) is 11.6 Å². The van der Waals surface area contributed by atoms with Gasteiger partial charge in [0.2, 0.25) is 5.91 Å². The van der Waals surface area contributed by atoms with Crippen LogP contribution in [0.4, 0.5) is 5.69 Å². The molecular weight excluding hydrogens is 238 g/mol. The van der Waals surface area contributed by atoms with E-state index in [-0.39, 0.29) is 17.9 Å². The minimum atomic E-state index is -0.0299.